The van der Waals surface area contributed by atoms with E-state index in [9.17, 15) is 8.78 Å². The molecule has 2 aromatic rings. The van der Waals surface area contributed by atoms with E-state index in [4.69, 9.17) is 11.6 Å². The molecule has 0 aliphatic carbocycles. The van der Waals surface area contributed by atoms with E-state index in [2.05, 4.69) is 21.2 Å². The molecule has 0 amide bonds. The van der Waals surface area contributed by atoms with Crippen molar-refractivity contribution in [1.29, 1.82) is 0 Å². The minimum atomic E-state index is -0.881. The smallest absolute Gasteiger partial charge is 0.173 e. The minimum Gasteiger partial charge on any atom is -0.306 e. The molecule has 1 unspecified atom stereocenters. The lowest BCUT2D eigenvalue weighted by molar-refractivity contribution is 0.498. The van der Waals surface area contributed by atoms with Crippen molar-refractivity contribution >= 4 is 27.5 Å². The van der Waals surface area contributed by atoms with E-state index in [0.717, 1.165) is 17.2 Å². The van der Waals surface area contributed by atoms with E-state index < -0.39 is 11.6 Å². The predicted molar refractivity (Wildman–Crippen MR) is 85.8 cm³/mol. The molecule has 0 saturated carbocycles. The second kappa shape index (κ2) is 6.86. The third kappa shape index (κ3) is 3.44. The number of aryl methyl sites for hydroxylation is 1. The van der Waals surface area contributed by atoms with Crippen LogP contribution in [0.4, 0.5) is 8.78 Å². The summed E-state index contributed by atoms with van der Waals surface area (Å²) in [4.78, 5) is 0. The van der Waals surface area contributed by atoms with E-state index >= 15 is 0 Å². The number of rotatable bonds is 4. The fraction of sp³-hybridized carbons (Fsp3) is 0.250. The van der Waals surface area contributed by atoms with Gasteiger partial charge in [0.25, 0.3) is 0 Å². The van der Waals surface area contributed by atoms with Crippen LogP contribution in [0.3, 0.4) is 0 Å². The molecule has 0 aromatic heterocycles. The van der Waals surface area contributed by atoms with Crippen molar-refractivity contribution in [2.75, 3.05) is 6.54 Å². The van der Waals surface area contributed by atoms with Crippen LogP contribution in [0.25, 0.3) is 0 Å². The first-order valence-corrected chi connectivity index (χ1v) is 7.75. The predicted octanol–water partition coefficient (Wildman–Crippen LogP) is 5.39. The third-order valence-electron chi connectivity index (χ3n) is 3.31. The quantitative estimate of drug-likeness (QED) is 0.708. The molecule has 0 fully saturated rings. The van der Waals surface area contributed by atoms with Gasteiger partial charge in [0.1, 0.15) is 0 Å². The van der Waals surface area contributed by atoms with Gasteiger partial charge >= 0.3 is 0 Å². The molecule has 1 N–H and O–H groups in total. The number of halogens is 4. The summed E-state index contributed by atoms with van der Waals surface area (Å²) in [5, 5.41) is 3.92. The highest BCUT2D eigenvalue weighted by Crippen LogP contribution is 2.33. The molecule has 21 heavy (non-hydrogen) atoms. The molecule has 0 heterocycles. The van der Waals surface area contributed by atoms with E-state index in [1.165, 1.54) is 0 Å². The van der Waals surface area contributed by atoms with Gasteiger partial charge in [-0.1, -0.05) is 36.7 Å². The molecule has 1 nitrogen and oxygen atoms in total. The maximum atomic E-state index is 13.8. The van der Waals surface area contributed by atoms with Crippen molar-refractivity contribution in [1.82, 2.24) is 5.32 Å². The molecular weight excluding hydrogens is 360 g/mol. The van der Waals surface area contributed by atoms with E-state index in [0.29, 0.717) is 17.1 Å². The molecule has 0 aliphatic heterocycles. The SMILES string of the molecule is CCNC(c1ccc(C)c(Cl)c1)c1ccc(F)c(F)c1Br. The molecule has 0 radical (unpaired) electrons. The van der Waals surface area contributed by atoms with Gasteiger partial charge in [-0.15, -0.1) is 0 Å². The molecule has 2 rings (SSSR count). The van der Waals surface area contributed by atoms with Crippen LogP contribution in [0.1, 0.15) is 29.7 Å². The Morgan fingerprint density at radius 3 is 2.57 bits per heavy atom. The lowest BCUT2D eigenvalue weighted by Crippen LogP contribution is -2.22. The number of hydrogen-bond donors (Lipinski definition) is 1. The van der Waals surface area contributed by atoms with Gasteiger partial charge in [-0.2, -0.15) is 0 Å². The summed E-state index contributed by atoms with van der Waals surface area (Å²) in [6.45, 7) is 4.56. The number of hydrogen-bond acceptors (Lipinski definition) is 1. The zero-order valence-corrected chi connectivity index (χ0v) is 14.0. The van der Waals surface area contributed by atoms with Crippen LogP contribution in [0.5, 0.6) is 0 Å². The molecular formula is C16H15BrClF2N. The van der Waals surface area contributed by atoms with Gasteiger partial charge < -0.3 is 5.32 Å². The Labute approximate surface area is 136 Å². The molecule has 112 valence electrons. The van der Waals surface area contributed by atoms with E-state index in [1.807, 2.05) is 32.0 Å². The normalized spacial score (nSPS) is 12.5. The minimum absolute atomic E-state index is 0.130. The highest BCUT2D eigenvalue weighted by atomic mass is 79.9. The van der Waals surface area contributed by atoms with Crippen molar-refractivity contribution in [3.63, 3.8) is 0 Å². The Morgan fingerprint density at radius 1 is 1.24 bits per heavy atom. The van der Waals surface area contributed by atoms with Gasteiger partial charge in [-0.3, -0.25) is 0 Å². The van der Waals surface area contributed by atoms with Gasteiger partial charge in [0.15, 0.2) is 11.6 Å². The van der Waals surface area contributed by atoms with Crippen molar-refractivity contribution in [3.05, 3.63) is 68.2 Å². The summed E-state index contributed by atoms with van der Waals surface area (Å²) in [6.07, 6.45) is 0. The molecule has 1 atom stereocenters. The fourth-order valence-corrected chi connectivity index (χ4v) is 2.90. The standard InChI is InChI=1S/C16H15BrClF2N/c1-3-21-16(10-5-4-9(2)12(18)8-10)11-6-7-13(19)15(20)14(11)17/h4-8,16,21H,3H2,1-2H3. The molecule has 2 aromatic carbocycles. The molecule has 5 heteroatoms. The molecule has 0 spiro atoms. The summed E-state index contributed by atoms with van der Waals surface area (Å²) in [5.41, 5.74) is 2.51. The van der Waals surface area contributed by atoms with Crippen LogP contribution in [0.15, 0.2) is 34.8 Å². The van der Waals surface area contributed by atoms with Crippen LogP contribution >= 0.6 is 27.5 Å². The lowest BCUT2D eigenvalue weighted by atomic mass is 9.97. The first-order chi connectivity index (χ1) is 9.95. The summed E-state index contributed by atoms with van der Waals surface area (Å²) in [5.74, 6) is -1.75. The zero-order chi connectivity index (χ0) is 15.6. The Balaban J connectivity index is 2.53. The van der Waals surface area contributed by atoms with Gasteiger partial charge in [-0.25, -0.2) is 8.78 Å². The number of benzene rings is 2. The highest BCUT2D eigenvalue weighted by molar-refractivity contribution is 9.10. The van der Waals surface area contributed by atoms with Crippen molar-refractivity contribution < 1.29 is 8.78 Å². The summed E-state index contributed by atoms with van der Waals surface area (Å²) < 4.78 is 27.2. The Kier molecular flexibility index (Phi) is 5.36. The van der Waals surface area contributed by atoms with Crippen molar-refractivity contribution in [2.45, 2.75) is 19.9 Å². The first kappa shape index (κ1) is 16.4. The largest absolute Gasteiger partial charge is 0.306 e. The maximum absolute atomic E-state index is 13.8. The average molecular weight is 375 g/mol. The van der Waals surface area contributed by atoms with Crippen molar-refractivity contribution in [3.8, 4) is 0 Å². The summed E-state index contributed by atoms with van der Waals surface area (Å²) >= 11 is 9.31. The van der Waals surface area contributed by atoms with Crippen LogP contribution in [0, 0.1) is 18.6 Å². The third-order valence-corrected chi connectivity index (χ3v) is 4.53. The van der Waals surface area contributed by atoms with Gasteiger partial charge in [0.05, 0.1) is 10.5 Å². The van der Waals surface area contributed by atoms with Gasteiger partial charge in [0, 0.05) is 5.02 Å². The van der Waals surface area contributed by atoms with Crippen molar-refractivity contribution in [2.24, 2.45) is 0 Å². The zero-order valence-electron chi connectivity index (χ0n) is 11.7. The molecule has 0 saturated heterocycles. The molecule has 0 bridgehead atoms. The second-order valence-electron chi connectivity index (χ2n) is 4.76. The van der Waals surface area contributed by atoms with Crippen LogP contribution in [0.2, 0.25) is 5.02 Å². The fourth-order valence-electron chi connectivity index (χ4n) is 2.16. The Bertz CT molecular complexity index is 661. The lowest BCUT2D eigenvalue weighted by Gasteiger charge is -2.21. The van der Waals surface area contributed by atoms with E-state index in [1.54, 1.807) is 6.07 Å². The Morgan fingerprint density at radius 2 is 1.95 bits per heavy atom. The summed E-state index contributed by atoms with van der Waals surface area (Å²) in [6, 6.07) is 8.13. The summed E-state index contributed by atoms with van der Waals surface area (Å²) in [7, 11) is 0. The maximum Gasteiger partial charge on any atom is 0.173 e. The second-order valence-corrected chi connectivity index (χ2v) is 5.96. The highest BCUT2D eigenvalue weighted by Gasteiger charge is 2.20. The number of nitrogens with one attached hydrogen (secondary N) is 1. The Hall–Kier alpha value is -0.970. The van der Waals surface area contributed by atoms with Crippen LogP contribution < -0.4 is 5.32 Å². The van der Waals surface area contributed by atoms with Gasteiger partial charge in [-0.05, 0) is 58.2 Å². The van der Waals surface area contributed by atoms with Gasteiger partial charge in [0.2, 0.25) is 0 Å². The van der Waals surface area contributed by atoms with E-state index in [-0.39, 0.29) is 10.5 Å². The monoisotopic (exact) mass is 373 g/mol. The van der Waals surface area contributed by atoms with Crippen LogP contribution in [-0.4, -0.2) is 6.54 Å². The molecule has 0 aliphatic rings. The first-order valence-electron chi connectivity index (χ1n) is 6.58. The average Bonchev–Trinajstić information content (AvgIpc) is 2.46. The van der Waals surface area contributed by atoms with Crippen LogP contribution in [-0.2, 0) is 0 Å². The topological polar surface area (TPSA) is 12.0 Å².